The topological polar surface area (TPSA) is 50.7 Å². The minimum Gasteiger partial charge on any atom is -0.395 e. The van der Waals surface area contributed by atoms with Crippen molar-refractivity contribution in [1.29, 1.82) is 0 Å². The second kappa shape index (κ2) is 8.93. The van der Waals surface area contributed by atoms with Crippen LogP contribution in [0.2, 0.25) is 0 Å². The first-order valence-electron chi connectivity index (χ1n) is 6.05. The molecule has 0 fully saturated rings. The van der Waals surface area contributed by atoms with Crippen LogP contribution in [0, 0.1) is 0 Å². The Labute approximate surface area is 99.3 Å². The van der Waals surface area contributed by atoms with Gasteiger partial charge in [-0.05, 0) is 33.7 Å². The molecule has 0 spiro atoms. The summed E-state index contributed by atoms with van der Waals surface area (Å²) in [6.45, 7) is 11.0. The summed E-state index contributed by atoms with van der Waals surface area (Å²) in [6, 6.07) is 0.147. The summed E-state index contributed by atoms with van der Waals surface area (Å²) in [5.41, 5.74) is -0.0965. The van der Waals surface area contributed by atoms with E-state index >= 15 is 0 Å². The number of likely N-dealkylation sites (N-methyl/N-ethyl adjacent to an activating group) is 1. The molecule has 0 aliphatic carbocycles. The molecule has 98 valence electrons. The number of ether oxygens (including phenoxy) is 2. The molecule has 0 aliphatic rings. The van der Waals surface area contributed by atoms with Crippen LogP contribution in [-0.2, 0) is 9.47 Å². The third-order valence-electron chi connectivity index (χ3n) is 2.09. The van der Waals surface area contributed by atoms with Crippen LogP contribution in [0.4, 0.5) is 0 Å². The second-order valence-electron chi connectivity index (χ2n) is 4.80. The van der Waals surface area contributed by atoms with Crippen molar-refractivity contribution < 1.29 is 14.6 Å². The van der Waals surface area contributed by atoms with Crippen LogP contribution < -0.4 is 5.32 Å². The molecule has 1 atom stereocenters. The largest absolute Gasteiger partial charge is 0.395 e. The first kappa shape index (κ1) is 15.8. The number of aliphatic hydroxyl groups excluding tert-OH is 1. The van der Waals surface area contributed by atoms with Gasteiger partial charge in [-0.15, -0.1) is 0 Å². The third kappa shape index (κ3) is 10.4. The molecule has 0 aromatic rings. The molecule has 4 heteroatoms. The Morgan fingerprint density at radius 2 is 1.88 bits per heavy atom. The fourth-order valence-electron chi connectivity index (χ4n) is 1.28. The van der Waals surface area contributed by atoms with Gasteiger partial charge in [-0.3, -0.25) is 0 Å². The van der Waals surface area contributed by atoms with Gasteiger partial charge in [-0.1, -0.05) is 6.92 Å². The van der Waals surface area contributed by atoms with Crippen LogP contribution in [0.5, 0.6) is 0 Å². The van der Waals surface area contributed by atoms with Crippen molar-refractivity contribution in [3.63, 3.8) is 0 Å². The Kier molecular flexibility index (Phi) is 8.84. The van der Waals surface area contributed by atoms with Gasteiger partial charge < -0.3 is 19.9 Å². The molecular weight excluding hydrogens is 206 g/mol. The summed E-state index contributed by atoms with van der Waals surface area (Å²) in [5.74, 6) is 0. The van der Waals surface area contributed by atoms with Gasteiger partial charge >= 0.3 is 0 Å². The molecule has 4 nitrogen and oxygen atoms in total. The molecule has 0 aliphatic heterocycles. The minimum absolute atomic E-state index is 0.0965. The van der Waals surface area contributed by atoms with Crippen molar-refractivity contribution >= 4 is 0 Å². The Hall–Kier alpha value is -0.160. The molecule has 0 heterocycles. The van der Waals surface area contributed by atoms with Gasteiger partial charge in [0.25, 0.3) is 0 Å². The van der Waals surface area contributed by atoms with Crippen molar-refractivity contribution in [2.45, 2.75) is 45.8 Å². The van der Waals surface area contributed by atoms with Crippen molar-refractivity contribution in [1.82, 2.24) is 5.32 Å². The van der Waals surface area contributed by atoms with Crippen molar-refractivity contribution in [2.24, 2.45) is 0 Å². The molecule has 2 N–H and O–H groups in total. The van der Waals surface area contributed by atoms with Gasteiger partial charge in [0.1, 0.15) is 0 Å². The highest BCUT2D eigenvalue weighted by Crippen LogP contribution is 2.05. The van der Waals surface area contributed by atoms with E-state index in [2.05, 4.69) is 5.32 Å². The molecule has 0 aromatic carbocycles. The Balaban J connectivity index is 3.32. The zero-order chi connectivity index (χ0) is 12.4. The quantitative estimate of drug-likeness (QED) is 0.587. The van der Waals surface area contributed by atoms with Crippen LogP contribution in [-0.4, -0.2) is 49.7 Å². The van der Waals surface area contributed by atoms with Crippen LogP contribution >= 0.6 is 0 Å². The van der Waals surface area contributed by atoms with E-state index in [0.717, 1.165) is 13.0 Å². The van der Waals surface area contributed by atoms with Crippen LogP contribution in [0.25, 0.3) is 0 Å². The SMILES string of the molecule is CCNC(CO)CCOCCOC(C)(C)C. The Bertz CT molecular complexity index is 157. The fraction of sp³-hybridized carbons (Fsp3) is 1.00. The highest BCUT2D eigenvalue weighted by atomic mass is 16.5. The van der Waals surface area contributed by atoms with E-state index in [-0.39, 0.29) is 18.2 Å². The molecular formula is C12H27NO3. The van der Waals surface area contributed by atoms with E-state index in [1.165, 1.54) is 0 Å². The van der Waals surface area contributed by atoms with E-state index in [9.17, 15) is 0 Å². The van der Waals surface area contributed by atoms with Gasteiger partial charge in [0.2, 0.25) is 0 Å². The zero-order valence-corrected chi connectivity index (χ0v) is 11.1. The molecule has 0 aromatic heterocycles. The van der Waals surface area contributed by atoms with Crippen molar-refractivity contribution in [2.75, 3.05) is 33.0 Å². The molecule has 1 unspecified atom stereocenters. The molecule has 0 rings (SSSR count). The predicted octanol–water partition coefficient (Wildman–Crippen LogP) is 1.18. The average Bonchev–Trinajstić information content (AvgIpc) is 2.20. The Morgan fingerprint density at radius 3 is 2.38 bits per heavy atom. The van der Waals surface area contributed by atoms with Crippen LogP contribution in [0.3, 0.4) is 0 Å². The molecule has 16 heavy (non-hydrogen) atoms. The van der Waals surface area contributed by atoms with Gasteiger partial charge in [0.05, 0.1) is 25.4 Å². The van der Waals surface area contributed by atoms with E-state index in [1.807, 2.05) is 27.7 Å². The molecule has 0 amide bonds. The first-order chi connectivity index (χ1) is 7.49. The third-order valence-corrected chi connectivity index (χ3v) is 2.09. The average molecular weight is 233 g/mol. The molecule has 0 saturated heterocycles. The van der Waals surface area contributed by atoms with Gasteiger partial charge in [0, 0.05) is 12.6 Å². The predicted molar refractivity (Wildman–Crippen MR) is 65.7 cm³/mol. The normalized spacial score (nSPS) is 14.1. The summed E-state index contributed by atoms with van der Waals surface area (Å²) in [5, 5.41) is 12.2. The lowest BCUT2D eigenvalue weighted by Crippen LogP contribution is -2.33. The lowest BCUT2D eigenvalue weighted by molar-refractivity contribution is -0.0360. The van der Waals surface area contributed by atoms with Gasteiger partial charge in [0.15, 0.2) is 0 Å². The Morgan fingerprint density at radius 1 is 1.19 bits per heavy atom. The summed E-state index contributed by atoms with van der Waals surface area (Å²) in [6.07, 6.45) is 0.833. The number of rotatable bonds is 9. The van der Waals surface area contributed by atoms with Crippen molar-refractivity contribution in [3.05, 3.63) is 0 Å². The molecule has 0 radical (unpaired) electrons. The lowest BCUT2D eigenvalue weighted by Gasteiger charge is -2.19. The molecule has 0 bridgehead atoms. The number of nitrogens with one attached hydrogen (secondary N) is 1. The van der Waals surface area contributed by atoms with E-state index in [4.69, 9.17) is 14.6 Å². The second-order valence-corrected chi connectivity index (χ2v) is 4.80. The zero-order valence-electron chi connectivity index (χ0n) is 11.1. The maximum absolute atomic E-state index is 9.02. The summed E-state index contributed by atoms with van der Waals surface area (Å²) >= 11 is 0. The van der Waals surface area contributed by atoms with Crippen LogP contribution in [0.1, 0.15) is 34.1 Å². The monoisotopic (exact) mass is 233 g/mol. The number of hydrogen-bond donors (Lipinski definition) is 2. The standard InChI is InChI=1S/C12H27NO3/c1-5-13-11(10-14)6-7-15-8-9-16-12(2,3)4/h11,13-14H,5-10H2,1-4H3. The van der Waals surface area contributed by atoms with E-state index in [0.29, 0.717) is 19.8 Å². The maximum atomic E-state index is 9.02. The van der Waals surface area contributed by atoms with Gasteiger partial charge in [-0.25, -0.2) is 0 Å². The van der Waals surface area contributed by atoms with E-state index < -0.39 is 0 Å². The van der Waals surface area contributed by atoms with Gasteiger partial charge in [-0.2, -0.15) is 0 Å². The summed E-state index contributed by atoms with van der Waals surface area (Å²) < 4.78 is 11.0. The van der Waals surface area contributed by atoms with Crippen molar-refractivity contribution in [3.8, 4) is 0 Å². The maximum Gasteiger partial charge on any atom is 0.0707 e. The minimum atomic E-state index is -0.0965. The fourth-order valence-corrected chi connectivity index (χ4v) is 1.28. The molecule has 0 saturated carbocycles. The number of aliphatic hydroxyl groups is 1. The summed E-state index contributed by atoms with van der Waals surface area (Å²) in [4.78, 5) is 0. The lowest BCUT2D eigenvalue weighted by atomic mass is 10.2. The highest BCUT2D eigenvalue weighted by molar-refractivity contribution is 4.63. The smallest absolute Gasteiger partial charge is 0.0707 e. The van der Waals surface area contributed by atoms with E-state index in [1.54, 1.807) is 0 Å². The van der Waals surface area contributed by atoms with Crippen LogP contribution in [0.15, 0.2) is 0 Å². The summed E-state index contributed by atoms with van der Waals surface area (Å²) in [7, 11) is 0. The first-order valence-corrected chi connectivity index (χ1v) is 6.05. The highest BCUT2D eigenvalue weighted by Gasteiger charge is 2.09. The number of hydrogen-bond acceptors (Lipinski definition) is 4.